The van der Waals surface area contributed by atoms with Crippen molar-refractivity contribution in [1.82, 2.24) is 15.0 Å². The second-order valence-corrected chi connectivity index (χ2v) is 9.43. The Balaban J connectivity index is 2.45. The van der Waals surface area contributed by atoms with Gasteiger partial charge in [0.2, 0.25) is 11.9 Å². The molecule has 214 valence electrons. The highest BCUT2D eigenvalue weighted by Gasteiger charge is 2.23. The van der Waals surface area contributed by atoms with Gasteiger partial charge in [0, 0.05) is 25.4 Å². The Morgan fingerprint density at radius 3 is 1.76 bits per heavy atom. The minimum Gasteiger partial charge on any atom is -0.373 e. The number of ether oxygens (including phenoxy) is 3. The van der Waals surface area contributed by atoms with Gasteiger partial charge in [-0.3, -0.25) is 9.80 Å². The van der Waals surface area contributed by atoms with Gasteiger partial charge in [0.25, 0.3) is 0 Å². The Hall–Kier alpha value is -2.33. The summed E-state index contributed by atoms with van der Waals surface area (Å²) in [7, 11) is 0. The first-order valence-corrected chi connectivity index (χ1v) is 14.4. The lowest BCUT2D eigenvalue weighted by atomic mass is 10.2. The van der Waals surface area contributed by atoms with Gasteiger partial charge in [-0.25, -0.2) is 0 Å². The Labute approximate surface area is 229 Å². The first-order valence-electron chi connectivity index (χ1n) is 14.4. The fourth-order valence-electron chi connectivity index (χ4n) is 3.56. The monoisotopic (exact) mass is 531 g/mol. The third kappa shape index (κ3) is 11.6. The molecule has 0 amide bonds. The molecule has 1 aromatic heterocycles. The highest BCUT2D eigenvalue weighted by Crippen LogP contribution is 2.23. The van der Waals surface area contributed by atoms with Crippen molar-refractivity contribution in [2.24, 2.45) is 0 Å². The van der Waals surface area contributed by atoms with Crippen LogP contribution in [0.15, 0.2) is 30.3 Å². The van der Waals surface area contributed by atoms with Crippen molar-refractivity contribution < 1.29 is 19.3 Å². The zero-order valence-electron chi connectivity index (χ0n) is 24.0. The number of unbranched alkanes of at least 4 members (excludes halogenated alkanes) is 4. The lowest BCUT2D eigenvalue weighted by molar-refractivity contribution is 0.0761. The fourth-order valence-corrected chi connectivity index (χ4v) is 3.56. The molecule has 1 aromatic carbocycles. The predicted molar refractivity (Wildman–Crippen MR) is 153 cm³/mol. The average Bonchev–Trinajstić information content (AvgIpc) is 2.95. The van der Waals surface area contributed by atoms with Gasteiger partial charge < -0.3 is 19.3 Å². The number of benzene rings is 1. The quantitative estimate of drug-likeness (QED) is 0.145. The van der Waals surface area contributed by atoms with Crippen LogP contribution in [0.4, 0.5) is 11.9 Å². The van der Waals surface area contributed by atoms with Crippen LogP contribution in [-0.2, 0) is 14.2 Å². The summed E-state index contributed by atoms with van der Waals surface area (Å²) in [5.74, 6) is 1.35. The van der Waals surface area contributed by atoms with Gasteiger partial charge in [0.15, 0.2) is 5.82 Å². The Morgan fingerprint density at radius 2 is 1.21 bits per heavy atom. The van der Waals surface area contributed by atoms with Gasteiger partial charge >= 0.3 is 0 Å². The normalized spacial score (nSPS) is 12.0. The van der Waals surface area contributed by atoms with Crippen molar-refractivity contribution in [2.75, 3.05) is 49.8 Å². The third-order valence-corrected chi connectivity index (χ3v) is 6.01. The lowest BCUT2D eigenvalue weighted by Crippen LogP contribution is -2.39. The highest BCUT2D eigenvalue weighted by molar-refractivity contribution is 5.58. The lowest BCUT2D eigenvalue weighted by Gasteiger charge is -2.29. The summed E-state index contributed by atoms with van der Waals surface area (Å²) in [5.41, 5.74) is 0.867. The molecule has 38 heavy (non-hydrogen) atoms. The SMILES string of the molecule is CCCCOCN(COCCCC)c1nc(-c2ccccc2)nc(N(COCCCC)C(O)CCCC)n1. The van der Waals surface area contributed by atoms with Gasteiger partial charge in [-0.2, -0.15) is 15.0 Å². The number of hydrogen-bond donors (Lipinski definition) is 1. The van der Waals surface area contributed by atoms with E-state index >= 15 is 0 Å². The first-order chi connectivity index (χ1) is 18.6. The van der Waals surface area contributed by atoms with Crippen LogP contribution >= 0.6 is 0 Å². The molecule has 1 atom stereocenters. The summed E-state index contributed by atoms with van der Waals surface area (Å²) >= 11 is 0. The maximum atomic E-state index is 11.1. The molecule has 0 saturated carbocycles. The molecule has 0 radical (unpaired) electrons. The molecule has 2 aromatic rings. The van der Waals surface area contributed by atoms with Crippen LogP contribution in [0.5, 0.6) is 0 Å². The molecule has 1 unspecified atom stereocenters. The third-order valence-electron chi connectivity index (χ3n) is 6.01. The van der Waals surface area contributed by atoms with Crippen LogP contribution in [0.2, 0.25) is 0 Å². The van der Waals surface area contributed by atoms with Crippen LogP contribution in [0.1, 0.15) is 85.5 Å². The molecule has 0 spiro atoms. The van der Waals surface area contributed by atoms with E-state index in [4.69, 9.17) is 29.2 Å². The highest BCUT2D eigenvalue weighted by atomic mass is 16.5. The van der Waals surface area contributed by atoms with E-state index < -0.39 is 6.23 Å². The summed E-state index contributed by atoms with van der Waals surface area (Å²) in [6.07, 6.45) is 7.77. The number of aromatic nitrogens is 3. The largest absolute Gasteiger partial charge is 0.373 e. The maximum absolute atomic E-state index is 11.1. The molecule has 0 aliphatic carbocycles. The minimum atomic E-state index is -0.773. The molecule has 0 aliphatic rings. The van der Waals surface area contributed by atoms with Crippen molar-refractivity contribution in [3.63, 3.8) is 0 Å². The standard InChI is InChI=1S/C29H49N5O4/c1-5-9-18-26(35)34(24-38-21-12-8-4)29-31-27(25-16-14-13-15-17-25)30-28(32-29)33(22-36-19-10-6-2)23-37-20-11-7-3/h13-17,26,35H,5-12,18-24H2,1-4H3. The topological polar surface area (TPSA) is 93.1 Å². The summed E-state index contributed by atoms with van der Waals surface area (Å²) < 4.78 is 17.8. The van der Waals surface area contributed by atoms with Crippen molar-refractivity contribution in [2.45, 2.75) is 91.7 Å². The van der Waals surface area contributed by atoms with Gasteiger partial charge in [0.05, 0.1) is 0 Å². The van der Waals surface area contributed by atoms with E-state index in [0.29, 0.717) is 57.4 Å². The van der Waals surface area contributed by atoms with E-state index in [9.17, 15) is 5.11 Å². The number of aliphatic hydroxyl groups excluding tert-OH is 1. The van der Waals surface area contributed by atoms with E-state index in [1.165, 1.54) is 0 Å². The average molecular weight is 532 g/mol. The molecular weight excluding hydrogens is 482 g/mol. The second-order valence-electron chi connectivity index (χ2n) is 9.43. The molecule has 9 heteroatoms. The van der Waals surface area contributed by atoms with Crippen molar-refractivity contribution in [1.29, 1.82) is 0 Å². The van der Waals surface area contributed by atoms with E-state index in [1.807, 2.05) is 35.2 Å². The number of aliphatic hydroxyl groups is 1. The maximum Gasteiger partial charge on any atom is 0.234 e. The number of nitrogens with zero attached hydrogens (tertiary/aromatic N) is 5. The van der Waals surface area contributed by atoms with Crippen LogP contribution in [0.3, 0.4) is 0 Å². The van der Waals surface area contributed by atoms with Gasteiger partial charge in [-0.1, -0.05) is 83.7 Å². The molecule has 1 heterocycles. The molecule has 0 fully saturated rings. The van der Waals surface area contributed by atoms with Crippen molar-refractivity contribution in [3.8, 4) is 11.4 Å². The summed E-state index contributed by atoms with van der Waals surface area (Å²) in [6.45, 7) is 11.2. The van der Waals surface area contributed by atoms with Crippen LogP contribution < -0.4 is 9.80 Å². The van der Waals surface area contributed by atoms with Crippen molar-refractivity contribution in [3.05, 3.63) is 30.3 Å². The fraction of sp³-hybridized carbons (Fsp3) is 0.690. The first kappa shape index (κ1) is 31.9. The number of hydrogen-bond acceptors (Lipinski definition) is 9. The van der Waals surface area contributed by atoms with Gasteiger partial charge in [-0.15, -0.1) is 0 Å². The van der Waals surface area contributed by atoms with Crippen LogP contribution in [-0.4, -0.2) is 66.3 Å². The zero-order valence-corrected chi connectivity index (χ0v) is 24.0. The van der Waals surface area contributed by atoms with E-state index in [2.05, 4.69) is 27.7 Å². The second kappa shape index (κ2) is 19.7. The molecule has 0 aliphatic heterocycles. The molecule has 1 N–H and O–H groups in total. The van der Waals surface area contributed by atoms with E-state index in [-0.39, 0.29) is 6.73 Å². The summed E-state index contributed by atoms with van der Waals surface area (Å²) in [5, 5.41) is 11.1. The Morgan fingerprint density at radius 1 is 0.684 bits per heavy atom. The molecule has 9 nitrogen and oxygen atoms in total. The molecule has 0 saturated heterocycles. The van der Waals surface area contributed by atoms with E-state index in [1.54, 1.807) is 4.90 Å². The summed E-state index contributed by atoms with van der Waals surface area (Å²) in [6, 6.07) is 9.82. The number of rotatable bonds is 22. The predicted octanol–water partition coefficient (Wildman–Crippen LogP) is 5.98. The summed E-state index contributed by atoms with van der Waals surface area (Å²) in [4.78, 5) is 18.0. The smallest absolute Gasteiger partial charge is 0.234 e. The van der Waals surface area contributed by atoms with Crippen molar-refractivity contribution >= 4 is 11.9 Å². The van der Waals surface area contributed by atoms with Crippen LogP contribution in [0.25, 0.3) is 11.4 Å². The van der Waals surface area contributed by atoms with Gasteiger partial charge in [-0.05, 0) is 32.1 Å². The van der Waals surface area contributed by atoms with Gasteiger partial charge in [0.1, 0.15) is 26.4 Å². The van der Waals surface area contributed by atoms with E-state index in [0.717, 1.165) is 56.9 Å². The Kier molecular flexibility index (Phi) is 16.5. The Bertz CT molecular complexity index is 846. The molecule has 0 bridgehead atoms. The number of anilines is 2. The zero-order chi connectivity index (χ0) is 27.4. The van der Waals surface area contributed by atoms with Crippen LogP contribution in [0, 0.1) is 0 Å². The minimum absolute atomic E-state index is 0.197. The molecular formula is C29H49N5O4. The molecule has 2 rings (SSSR count).